The van der Waals surface area contributed by atoms with Crippen LogP contribution < -0.4 is 10.2 Å². The molecule has 1 saturated carbocycles. The largest absolute Gasteiger partial charge is 0.432 e. The Labute approximate surface area is 116 Å². The summed E-state index contributed by atoms with van der Waals surface area (Å²) in [6, 6.07) is 1.43. The molecule has 0 saturated heterocycles. The topological polar surface area (TPSA) is 41.3 Å². The molecule has 0 amide bonds. The Kier molecular flexibility index (Phi) is 5.25. The van der Waals surface area contributed by atoms with E-state index < -0.39 is 0 Å². The van der Waals surface area contributed by atoms with Gasteiger partial charge in [-0.15, -0.1) is 0 Å². The third-order valence-electron chi connectivity index (χ3n) is 3.67. The van der Waals surface area contributed by atoms with Crippen molar-refractivity contribution in [3.05, 3.63) is 12.0 Å². The molecule has 1 aliphatic rings. The molecule has 1 aromatic heterocycles. The lowest BCUT2D eigenvalue weighted by atomic mass is 10.1. The Bertz CT molecular complexity index is 369. The molecule has 0 aliphatic heterocycles. The summed E-state index contributed by atoms with van der Waals surface area (Å²) in [7, 11) is 0. The quantitative estimate of drug-likeness (QED) is 0.822. The Morgan fingerprint density at radius 1 is 1.42 bits per heavy atom. The summed E-state index contributed by atoms with van der Waals surface area (Å²) in [5.74, 6) is 0.629. The first-order valence-electron chi connectivity index (χ1n) is 7.62. The molecule has 1 aromatic rings. The van der Waals surface area contributed by atoms with Crippen LogP contribution in [0.2, 0.25) is 0 Å². The lowest BCUT2D eigenvalue weighted by molar-refractivity contribution is 0.463. The van der Waals surface area contributed by atoms with E-state index in [4.69, 9.17) is 4.42 Å². The van der Waals surface area contributed by atoms with E-state index in [2.05, 4.69) is 36.0 Å². The number of rotatable bonds is 7. The van der Waals surface area contributed by atoms with Crippen molar-refractivity contribution in [1.29, 1.82) is 0 Å². The fourth-order valence-electron chi connectivity index (χ4n) is 2.76. The number of aromatic nitrogens is 1. The van der Waals surface area contributed by atoms with E-state index in [0.717, 1.165) is 31.3 Å². The number of oxazole rings is 1. The fourth-order valence-corrected chi connectivity index (χ4v) is 2.76. The molecule has 4 nitrogen and oxygen atoms in total. The van der Waals surface area contributed by atoms with Gasteiger partial charge < -0.3 is 14.6 Å². The van der Waals surface area contributed by atoms with Gasteiger partial charge in [0.05, 0.1) is 5.69 Å². The molecular weight excluding hydrogens is 238 g/mol. The van der Waals surface area contributed by atoms with Crippen molar-refractivity contribution in [3.8, 4) is 0 Å². The maximum Gasteiger partial charge on any atom is 0.297 e. The first kappa shape index (κ1) is 14.4. The van der Waals surface area contributed by atoms with Crippen molar-refractivity contribution >= 4 is 6.01 Å². The van der Waals surface area contributed by atoms with Crippen LogP contribution in [-0.4, -0.2) is 24.1 Å². The van der Waals surface area contributed by atoms with Crippen molar-refractivity contribution < 1.29 is 4.42 Å². The van der Waals surface area contributed by atoms with Crippen molar-refractivity contribution in [2.24, 2.45) is 5.92 Å². The molecule has 0 atom stereocenters. The van der Waals surface area contributed by atoms with Gasteiger partial charge in [0.25, 0.3) is 6.01 Å². The Balaban J connectivity index is 2.05. The highest BCUT2D eigenvalue weighted by molar-refractivity contribution is 5.29. The van der Waals surface area contributed by atoms with Gasteiger partial charge in [-0.1, -0.05) is 33.6 Å². The standard InChI is InChI=1S/C15H27N3O/c1-4-16-9-13-11-19-15(17-13)18(10-12(2)3)14-7-5-6-8-14/h11-12,14,16H,4-10H2,1-3H3. The minimum atomic E-state index is 0.619. The zero-order valence-electron chi connectivity index (χ0n) is 12.5. The van der Waals surface area contributed by atoms with E-state index in [1.807, 2.05) is 0 Å². The smallest absolute Gasteiger partial charge is 0.297 e. The predicted molar refractivity (Wildman–Crippen MR) is 78.3 cm³/mol. The van der Waals surface area contributed by atoms with Crippen LogP contribution in [0.25, 0.3) is 0 Å². The van der Waals surface area contributed by atoms with Gasteiger partial charge in [-0.2, -0.15) is 4.98 Å². The van der Waals surface area contributed by atoms with Gasteiger partial charge >= 0.3 is 0 Å². The molecule has 4 heteroatoms. The zero-order valence-corrected chi connectivity index (χ0v) is 12.5. The van der Waals surface area contributed by atoms with Gasteiger partial charge in [-0.3, -0.25) is 0 Å². The molecule has 0 unspecified atom stereocenters. The normalized spacial score (nSPS) is 16.4. The van der Waals surface area contributed by atoms with E-state index in [1.54, 1.807) is 6.26 Å². The minimum Gasteiger partial charge on any atom is -0.432 e. The summed E-state index contributed by atoms with van der Waals surface area (Å²) in [4.78, 5) is 7.02. The number of hydrogen-bond donors (Lipinski definition) is 1. The second-order valence-electron chi connectivity index (χ2n) is 5.89. The van der Waals surface area contributed by atoms with E-state index in [1.165, 1.54) is 25.7 Å². The Hall–Kier alpha value is -1.03. The molecule has 1 aliphatic carbocycles. The maximum absolute atomic E-state index is 5.71. The van der Waals surface area contributed by atoms with Crippen LogP contribution in [0.3, 0.4) is 0 Å². The average Bonchev–Trinajstić information content (AvgIpc) is 3.04. The van der Waals surface area contributed by atoms with Gasteiger partial charge in [0, 0.05) is 19.1 Å². The molecule has 2 rings (SSSR count). The van der Waals surface area contributed by atoms with Crippen LogP contribution in [0.5, 0.6) is 0 Å². The summed E-state index contributed by atoms with van der Waals surface area (Å²) in [6.07, 6.45) is 7.02. The third-order valence-corrected chi connectivity index (χ3v) is 3.67. The van der Waals surface area contributed by atoms with Crippen LogP contribution in [0.1, 0.15) is 52.1 Å². The van der Waals surface area contributed by atoms with E-state index in [0.29, 0.717) is 12.0 Å². The minimum absolute atomic E-state index is 0.619. The maximum atomic E-state index is 5.71. The summed E-state index contributed by atoms with van der Waals surface area (Å²) >= 11 is 0. The van der Waals surface area contributed by atoms with Crippen LogP contribution in [0.4, 0.5) is 6.01 Å². The van der Waals surface area contributed by atoms with Gasteiger partial charge in [0.15, 0.2) is 0 Å². The summed E-state index contributed by atoms with van der Waals surface area (Å²) in [5, 5.41) is 3.29. The highest BCUT2D eigenvalue weighted by Crippen LogP contribution is 2.28. The number of nitrogens with one attached hydrogen (secondary N) is 1. The van der Waals surface area contributed by atoms with Gasteiger partial charge in [0.2, 0.25) is 0 Å². The second-order valence-corrected chi connectivity index (χ2v) is 5.89. The van der Waals surface area contributed by atoms with Gasteiger partial charge in [-0.25, -0.2) is 0 Å². The van der Waals surface area contributed by atoms with Crippen LogP contribution in [0.15, 0.2) is 10.7 Å². The predicted octanol–water partition coefficient (Wildman–Crippen LogP) is 3.19. The monoisotopic (exact) mass is 265 g/mol. The molecule has 0 bridgehead atoms. The zero-order chi connectivity index (χ0) is 13.7. The summed E-state index contributed by atoms with van der Waals surface area (Å²) < 4.78 is 5.71. The molecule has 0 aromatic carbocycles. The number of hydrogen-bond acceptors (Lipinski definition) is 4. The third kappa shape index (κ3) is 3.96. The Morgan fingerprint density at radius 3 is 2.79 bits per heavy atom. The second kappa shape index (κ2) is 6.94. The molecule has 108 valence electrons. The van der Waals surface area contributed by atoms with Gasteiger partial charge in [-0.05, 0) is 25.3 Å². The van der Waals surface area contributed by atoms with Crippen molar-refractivity contribution in [1.82, 2.24) is 10.3 Å². The van der Waals surface area contributed by atoms with E-state index in [-0.39, 0.29) is 0 Å². The molecule has 1 heterocycles. The molecule has 1 N–H and O–H groups in total. The summed E-state index contributed by atoms with van der Waals surface area (Å²) in [5.41, 5.74) is 1.00. The van der Waals surface area contributed by atoms with E-state index in [9.17, 15) is 0 Å². The first-order chi connectivity index (χ1) is 9.20. The fraction of sp³-hybridized carbons (Fsp3) is 0.800. The molecule has 19 heavy (non-hydrogen) atoms. The van der Waals surface area contributed by atoms with Crippen molar-refractivity contribution in [2.75, 3.05) is 18.0 Å². The number of nitrogens with zero attached hydrogens (tertiary/aromatic N) is 2. The van der Waals surface area contributed by atoms with Crippen molar-refractivity contribution in [3.63, 3.8) is 0 Å². The average molecular weight is 265 g/mol. The lowest BCUT2D eigenvalue weighted by Crippen LogP contribution is -2.36. The lowest BCUT2D eigenvalue weighted by Gasteiger charge is -2.28. The van der Waals surface area contributed by atoms with Gasteiger partial charge in [0.1, 0.15) is 6.26 Å². The molecule has 0 spiro atoms. The van der Waals surface area contributed by atoms with Crippen LogP contribution >= 0.6 is 0 Å². The van der Waals surface area contributed by atoms with Crippen LogP contribution in [-0.2, 0) is 6.54 Å². The molecule has 0 radical (unpaired) electrons. The van der Waals surface area contributed by atoms with Crippen LogP contribution in [0, 0.1) is 5.92 Å². The van der Waals surface area contributed by atoms with Crippen molar-refractivity contribution in [2.45, 2.75) is 59.0 Å². The molecule has 1 fully saturated rings. The first-order valence-corrected chi connectivity index (χ1v) is 7.62. The SMILES string of the molecule is CCNCc1coc(N(CC(C)C)C2CCCC2)n1. The highest BCUT2D eigenvalue weighted by Gasteiger charge is 2.26. The molecular formula is C15H27N3O. The summed E-state index contributed by atoms with van der Waals surface area (Å²) in [6.45, 7) is 9.39. The van der Waals surface area contributed by atoms with E-state index >= 15 is 0 Å². The Morgan fingerprint density at radius 2 is 2.16 bits per heavy atom. The highest BCUT2D eigenvalue weighted by atomic mass is 16.4. The number of anilines is 1.